The molecule has 1 N–H and O–H groups in total. The fraction of sp³-hybridized carbons (Fsp3) is 0.647. The number of benzene rings is 1. The highest BCUT2D eigenvalue weighted by molar-refractivity contribution is 5.45. The Morgan fingerprint density at radius 2 is 1.86 bits per heavy atom. The van der Waals surface area contributed by atoms with E-state index in [9.17, 15) is 0 Å². The second kappa shape index (κ2) is 7.14. The van der Waals surface area contributed by atoms with Crippen molar-refractivity contribution in [2.45, 2.75) is 38.6 Å². The van der Waals surface area contributed by atoms with Crippen molar-refractivity contribution >= 4 is 0 Å². The molecule has 0 aromatic heterocycles. The largest absolute Gasteiger partial charge is 0.454 e. The zero-order chi connectivity index (χ0) is 14.5. The molecule has 116 valence electrons. The number of likely N-dealkylation sites (tertiary alicyclic amines) is 1. The van der Waals surface area contributed by atoms with Gasteiger partial charge < -0.3 is 19.7 Å². The van der Waals surface area contributed by atoms with E-state index in [1.165, 1.54) is 44.3 Å². The standard InChI is InChI=1S/C17H26N2O2/c1-14(15-6-7-16-17(12-15)21-13-20-16)18-8-11-19-9-4-2-3-5-10-19/h6-7,12,14,18H,2-5,8-11,13H2,1H3. The van der Waals surface area contributed by atoms with Crippen LogP contribution in [0.15, 0.2) is 18.2 Å². The molecule has 2 aliphatic heterocycles. The molecule has 0 spiro atoms. The summed E-state index contributed by atoms with van der Waals surface area (Å²) in [6.07, 6.45) is 5.52. The van der Waals surface area contributed by atoms with Crippen molar-refractivity contribution in [2.75, 3.05) is 33.0 Å². The Morgan fingerprint density at radius 1 is 1.10 bits per heavy atom. The highest BCUT2D eigenvalue weighted by atomic mass is 16.7. The van der Waals surface area contributed by atoms with Crippen LogP contribution >= 0.6 is 0 Å². The SMILES string of the molecule is CC(NCCN1CCCCCC1)c1ccc2c(c1)OCO2. The minimum Gasteiger partial charge on any atom is -0.454 e. The molecule has 2 aliphatic rings. The van der Waals surface area contributed by atoms with Crippen molar-refractivity contribution < 1.29 is 9.47 Å². The molecule has 1 saturated heterocycles. The molecule has 2 heterocycles. The molecule has 21 heavy (non-hydrogen) atoms. The smallest absolute Gasteiger partial charge is 0.231 e. The Morgan fingerprint density at radius 3 is 2.67 bits per heavy atom. The fourth-order valence-electron chi connectivity index (χ4n) is 3.10. The van der Waals surface area contributed by atoms with Crippen molar-refractivity contribution in [3.8, 4) is 11.5 Å². The van der Waals surface area contributed by atoms with Gasteiger partial charge in [-0.1, -0.05) is 18.9 Å². The molecule has 1 unspecified atom stereocenters. The molecule has 4 nitrogen and oxygen atoms in total. The molecule has 0 saturated carbocycles. The van der Waals surface area contributed by atoms with Crippen LogP contribution in [0.25, 0.3) is 0 Å². The molecule has 0 bridgehead atoms. The van der Waals surface area contributed by atoms with Gasteiger partial charge in [0.2, 0.25) is 6.79 Å². The van der Waals surface area contributed by atoms with Gasteiger partial charge >= 0.3 is 0 Å². The predicted molar refractivity (Wildman–Crippen MR) is 83.9 cm³/mol. The Hall–Kier alpha value is -1.26. The number of nitrogens with one attached hydrogen (secondary N) is 1. The van der Waals surface area contributed by atoms with E-state index in [1.54, 1.807) is 0 Å². The zero-order valence-electron chi connectivity index (χ0n) is 12.9. The molecule has 0 aliphatic carbocycles. The van der Waals surface area contributed by atoms with E-state index >= 15 is 0 Å². The van der Waals surface area contributed by atoms with Crippen molar-refractivity contribution in [2.24, 2.45) is 0 Å². The van der Waals surface area contributed by atoms with E-state index in [4.69, 9.17) is 9.47 Å². The third-order valence-corrected chi connectivity index (χ3v) is 4.47. The summed E-state index contributed by atoms with van der Waals surface area (Å²) >= 11 is 0. The van der Waals surface area contributed by atoms with Crippen LogP contribution in [-0.4, -0.2) is 37.9 Å². The summed E-state index contributed by atoms with van der Waals surface area (Å²) < 4.78 is 10.8. The number of nitrogens with zero attached hydrogens (tertiary/aromatic N) is 1. The van der Waals surface area contributed by atoms with Crippen molar-refractivity contribution in [3.63, 3.8) is 0 Å². The molecule has 1 aromatic carbocycles. The molecule has 3 rings (SSSR count). The van der Waals surface area contributed by atoms with E-state index in [0.717, 1.165) is 24.6 Å². The van der Waals surface area contributed by atoms with E-state index < -0.39 is 0 Å². The summed E-state index contributed by atoms with van der Waals surface area (Å²) in [6.45, 7) is 7.26. The number of rotatable bonds is 5. The summed E-state index contributed by atoms with van der Waals surface area (Å²) in [6, 6.07) is 6.56. The normalized spacial score (nSPS) is 20.2. The first-order chi connectivity index (χ1) is 10.3. The molecular formula is C17H26N2O2. The monoisotopic (exact) mass is 290 g/mol. The first kappa shape index (κ1) is 14.7. The number of hydrogen-bond acceptors (Lipinski definition) is 4. The summed E-state index contributed by atoms with van der Waals surface area (Å²) in [5.41, 5.74) is 1.26. The predicted octanol–water partition coefficient (Wildman–Crippen LogP) is 2.94. The lowest BCUT2D eigenvalue weighted by atomic mass is 10.1. The lowest BCUT2D eigenvalue weighted by molar-refractivity contribution is 0.174. The summed E-state index contributed by atoms with van der Waals surface area (Å²) in [5.74, 6) is 1.73. The van der Waals surface area contributed by atoms with Crippen LogP contribution in [-0.2, 0) is 0 Å². The van der Waals surface area contributed by atoms with E-state index in [2.05, 4.69) is 29.3 Å². The van der Waals surface area contributed by atoms with Gasteiger partial charge in [-0.2, -0.15) is 0 Å². The highest BCUT2D eigenvalue weighted by Gasteiger charge is 2.15. The molecule has 0 radical (unpaired) electrons. The maximum Gasteiger partial charge on any atom is 0.231 e. The second-order valence-corrected chi connectivity index (χ2v) is 6.04. The van der Waals surface area contributed by atoms with Gasteiger partial charge in [-0.15, -0.1) is 0 Å². The molecule has 1 aromatic rings. The zero-order valence-corrected chi connectivity index (χ0v) is 12.9. The van der Waals surface area contributed by atoms with Gasteiger partial charge in [0.15, 0.2) is 11.5 Å². The van der Waals surface area contributed by atoms with Gasteiger partial charge in [0.25, 0.3) is 0 Å². The molecule has 4 heteroatoms. The van der Waals surface area contributed by atoms with Gasteiger partial charge in [0, 0.05) is 19.1 Å². The van der Waals surface area contributed by atoms with Crippen LogP contribution in [0.5, 0.6) is 11.5 Å². The van der Waals surface area contributed by atoms with Crippen molar-refractivity contribution in [3.05, 3.63) is 23.8 Å². The maximum atomic E-state index is 5.44. The Bertz CT molecular complexity index is 456. The van der Waals surface area contributed by atoms with Crippen molar-refractivity contribution in [1.82, 2.24) is 10.2 Å². The van der Waals surface area contributed by atoms with Crippen LogP contribution < -0.4 is 14.8 Å². The molecular weight excluding hydrogens is 264 g/mol. The number of fused-ring (bicyclic) bond motifs is 1. The van der Waals surface area contributed by atoms with Crippen LogP contribution in [0.1, 0.15) is 44.2 Å². The lowest BCUT2D eigenvalue weighted by Crippen LogP contribution is -2.33. The quantitative estimate of drug-likeness (QED) is 0.904. The second-order valence-electron chi connectivity index (χ2n) is 6.04. The summed E-state index contributed by atoms with van der Waals surface area (Å²) in [4.78, 5) is 2.59. The fourth-order valence-corrected chi connectivity index (χ4v) is 3.10. The first-order valence-electron chi connectivity index (χ1n) is 8.18. The highest BCUT2D eigenvalue weighted by Crippen LogP contribution is 2.34. The number of ether oxygens (including phenoxy) is 2. The molecule has 1 atom stereocenters. The topological polar surface area (TPSA) is 33.7 Å². The van der Waals surface area contributed by atoms with E-state index in [1.807, 2.05) is 6.07 Å². The molecule has 1 fully saturated rings. The number of hydrogen-bond donors (Lipinski definition) is 1. The lowest BCUT2D eigenvalue weighted by Gasteiger charge is -2.22. The first-order valence-corrected chi connectivity index (χ1v) is 8.18. The third kappa shape index (κ3) is 3.89. The minimum absolute atomic E-state index is 0.339. The Labute approximate surface area is 127 Å². The third-order valence-electron chi connectivity index (χ3n) is 4.47. The van der Waals surface area contributed by atoms with Crippen LogP contribution in [0.3, 0.4) is 0 Å². The maximum absolute atomic E-state index is 5.44. The van der Waals surface area contributed by atoms with E-state index in [0.29, 0.717) is 12.8 Å². The van der Waals surface area contributed by atoms with Gasteiger partial charge in [-0.05, 0) is 50.6 Å². The van der Waals surface area contributed by atoms with E-state index in [-0.39, 0.29) is 0 Å². The van der Waals surface area contributed by atoms with Crippen LogP contribution in [0.2, 0.25) is 0 Å². The average Bonchev–Trinajstić information content (AvgIpc) is 2.82. The van der Waals surface area contributed by atoms with Crippen LogP contribution in [0.4, 0.5) is 0 Å². The minimum atomic E-state index is 0.339. The average molecular weight is 290 g/mol. The Balaban J connectivity index is 1.46. The van der Waals surface area contributed by atoms with Gasteiger partial charge in [-0.25, -0.2) is 0 Å². The summed E-state index contributed by atoms with van der Waals surface area (Å²) in [5, 5.41) is 3.62. The van der Waals surface area contributed by atoms with Crippen LogP contribution in [0, 0.1) is 0 Å². The van der Waals surface area contributed by atoms with Gasteiger partial charge in [-0.3, -0.25) is 0 Å². The van der Waals surface area contributed by atoms with Gasteiger partial charge in [0.1, 0.15) is 0 Å². The molecule has 0 amide bonds. The summed E-state index contributed by atoms with van der Waals surface area (Å²) in [7, 11) is 0. The van der Waals surface area contributed by atoms with Gasteiger partial charge in [0.05, 0.1) is 0 Å². The Kier molecular flexibility index (Phi) is 4.99. The van der Waals surface area contributed by atoms with Crippen molar-refractivity contribution in [1.29, 1.82) is 0 Å².